The molecule has 0 unspecified atom stereocenters. The Labute approximate surface area is 187 Å². The fourth-order valence-corrected chi connectivity index (χ4v) is 2.97. The first kappa shape index (κ1) is 23.0. The molecule has 2 heterocycles. The summed E-state index contributed by atoms with van der Waals surface area (Å²) in [6, 6.07) is 9.66. The van der Waals surface area contributed by atoms with E-state index in [2.05, 4.69) is 42.7 Å². The Kier molecular flexibility index (Phi) is 6.64. The summed E-state index contributed by atoms with van der Waals surface area (Å²) >= 11 is 3.45. The number of aliphatic carboxylic acids is 1. The number of carbonyl (C=O) groups is 2. The normalized spacial score (nSPS) is 13.0. The van der Waals surface area contributed by atoms with E-state index in [4.69, 9.17) is 15.2 Å². The van der Waals surface area contributed by atoms with Crippen LogP contribution in [-0.2, 0) is 4.79 Å². The van der Waals surface area contributed by atoms with Gasteiger partial charge in [-0.3, -0.25) is 4.79 Å². The van der Waals surface area contributed by atoms with Crippen molar-refractivity contribution < 1.29 is 27.9 Å². The number of nitrogens with one attached hydrogen (secondary N) is 2. The minimum atomic E-state index is -5.08. The van der Waals surface area contributed by atoms with Crippen LogP contribution in [0.1, 0.15) is 28.8 Å². The lowest BCUT2D eigenvalue weighted by atomic mass is 10.2. The van der Waals surface area contributed by atoms with E-state index in [0.717, 1.165) is 35.1 Å². The average molecular weight is 511 g/mol. The predicted octanol–water partition coefficient (Wildman–Crippen LogP) is 4.13. The maximum Gasteiger partial charge on any atom is 0.490 e. The van der Waals surface area contributed by atoms with Crippen LogP contribution in [-0.4, -0.2) is 44.2 Å². The number of benzene rings is 1. The number of carboxylic acid groups (broad SMARTS) is 1. The third kappa shape index (κ3) is 5.52. The third-order valence-corrected chi connectivity index (χ3v) is 4.81. The van der Waals surface area contributed by atoms with Crippen molar-refractivity contribution in [2.24, 2.45) is 0 Å². The second-order valence-electron chi connectivity index (χ2n) is 6.63. The molecule has 1 saturated carbocycles. The maximum absolute atomic E-state index is 11.2. The summed E-state index contributed by atoms with van der Waals surface area (Å²) in [5.41, 5.74) is 2.27. The van der Waals surface area contributed by atoms with Crippen molar-refractivity contribution in [3.8, 4) is 6.07 Å². The Balaban J connectivity index is 0.000000360. The van der Waals surface area contributed by atoms with E-state index >= 15 is 0 Å². The van der Waals surface area contributed by atoms with Gasteiger partial charge >= 0.3 is 12.1 Å². The number of hydrogen-bond donors (Lipinski definition) is 3. The van der Waals surface area contributed by atoms with E-state index in [1.165, 1.54) is 6.20 Å². The highest BCUT2D eigenvalue weighted by molar-refractivity contribution is 9.10. The summed E-state index contributed by atoms with van der Waals surface area (Å²) in [7, 11) is 0. The fourth-order valence-electron chi connectivity index (χ4n) is 2.49. The molecular formula is C19H14BrF3N6O3. The Morgan fingerprint density at radius 2 is 2.03 bits per heavy atom. The summed E-state index contributed by atoms with van der Waals surface area (Å²) in [5, 5.41) is 27.0. The van der Waals surface area contributed by atoms with Gasteiger partial charge in [0.15, 0.2) is 11.9 Å². The summed E-state index contributed by atoms with van der Waals surface area (Å²) in [5.74, 6) is -1.38. The van der Waals surface area contributed by atoms with Crippen LogP contribution in [0.2, 0.25) is 0 Å². The molecule has 0 spiro atoms. The Hall–Kier alpha value is -3.66. The molecule has 3 aromatic rings. The van der Waals surface area contributed by atoms with Gasteiger partial charge in [0, 0.05) is 16.6 Å². The highest BCUT2D eigenvalue weighted by Gasteiger charge is 2.38. The first-order valence-electron chi connectivity index (χ1n) is 8.99. The van der Waals surface area contributed by atoms with E-state index in [0.29, 0.717) is 28.6 Å². The fraction of sp³-hybridized carbons (Fsp3) is 0.211. The van der Waals surface area contributed by atoms with Crippen LogP contribution >= 0.6 is 15.9 Å². The number of aldehydes is 1. The molecule has 0 aliphatic heterocycles. The number of carbonyl (C=O) groups excluding carboxylic acids is 1. The molecule has 32 heavy (non-hydrogen) atoms. The van der Waals surface area contributed by atoms with E-state index in [9.17, 15) is 18.0 Å². The van der Waals surface area contributed by atoms with E-state index in [1.54, 1.807) is 22.7 Å². The summed E-state index contributed by atoms with van der Waals surface area (Å²) in [6.07, 6.45) is -0.586. The molecular weight excluding hydrogens is 497 g/mol. The molecule has 2 aromatic heterocycles. The van der Waals surface area contributed by atoms with Gasteiger partial charge in [-0.2, -0.15) is 28.0 Å². The second kappa shape index (κ2) is 9.23. The minimum absolute atomic E-state index is 0.432. The number of nitriles is 1. The smallest absolute Gasteiger partial charge is 0.475 e. The standard InChI is InChI=1S/C17H13BrN6O.C2HF3O2/c18-13-5-10(7-19)1-4-14(13)22-15-6-16(21-12-2-3-12)24-17(23-15)11(9-25)8-20-24;3-2(4,5)1(6)7/h1,4-6,8-9,12,21H,2-3H2,(H,22,23);(H,6,7). The van der Waals surface area contributed by atoms with Gasteiger partial charge in [0.2, 0.25) is 0 Å². The quantitative estimate of drug-likeness (QED) is 0.436. The molecule has 4 rings (SSSR count). The molecule has 0 saturated heterocycles. The first-order valence-corrected chi connectivity index (χ1v) is 9.79. The predicted molar refractivity (Wildman–Crippen MR) is 111 cm³/mol. The van der Waals surface area contributed by atoms with Gasteiger partial charge in [0.1, 0.15) is 11.6 Å². The number of hydrogen-bond acceptors (Lipinski definition) is 7. The molecule has 166 valence electrons. The molecule has 3 N–H and O–H groups in total. The zero-order chi connectivity index (χ0) is 23.5. The Bertz CT molecular complexity index is 1220. The highest BCUT2D eigenvalue weighted by Crippen LogP contribution is 2.30. The summed E-state index contributed by atoms with van der Waals surface area (Å²) < 4.78 is 34.1. The lowest BCUT2D eigenvalue weighted by Gasteiger charge is -2.12. The van der Waals surface area contributed by atoms with Crippen molar-refractivity contribution in [3.63, 3.8) is 0 Å². The van der Waals surface area contributed by atoms with Gasteiger partial charge in [-0.1, -0.05) is 0 Å². The number of anilines is 3. The van der Waals surface area contributed by atoms with Crippen molar-refractivity contribution in [1.82, 2.24) is 14.6 Å². The van der Waals surface area contributed by atoms with Crippen LogP contribution in [0.5, 0.6) is 0 Å². The number of halogens is 4. The number of rotatable bonds is 5. The third-order valence-electron chi connectivity index (χ3n) is 4.16. The van der Waals surface area contributed by atoms with Crippen LogP contribution < -0.4 is 10.6 Å². The van der Waals surface area contributed by atoms with E-state index in [1.807, 2.05) is 6.07 Å². The second-order valence-corrected chi connectivity index (χ2v) is 7.49. The van der Waals surface area contributed by atoms with Gasteiger partial charge < -0.3 is 15.7 Å². The number of aromatic nitrogens is 3. The van der Waals surface area contributed by atoms with Crippen LogP contribution in [0.25, 0.3) is 5.65 Å². The van der Waals surface area contributed by atoms with Crippen molar-refractivity contribution in [1.29, 1.82) is 5.26 Å². The van der Waals surface area contributed by atoms with E-state index in [-0.39, 0.29) is 0 Å². The molecule has 0 bridgehead atoms. The van der Waals surface area contributed by atoms with Gasteiger partial charge in [-0.05, 0) is 47.0 Å². The van der Waals surface area contributed by atoms with Crippen LogP contribution in [0, 0.1) is 11.3 Å². The van der Waals surface area contributed by atoms with Crippen molar-refractivity contribution in [2.45, 2.75) is 25.1 Å². The molecule has 1 fully saturated rings. The zero-order valence-corrected chi connectivity index (χ0v) is 17.6. The monoisotopic (exact) mass is 510 g/mol. The lowest BCUT2D eigenvalue weighted by molar-refractivity contribution is -0.192. The molecule has 13 heteroatoms. The van der Waals surface area contributed by atoms with Gasteiger partial charge in [-0.15, -0.1) is 0 Å². The molecule has 0 radical (unpaired) electrons. The van der Waals surface area contributed by atoms with Gasteiger partial charge in [0.25, 0.3) is 0 Å². The number of alkyl halides is 3. The SMILES string of the molecule is N#Cc1ccc(Nc2cc(NC3CC3)n3ncc(C=O)c3n2)c(Br)c1.O=C(O)C(F)(F)F. The van der Waals surface area contributed by atoms with Crippen LogP contribution in [0.3, 0.4) is 0 Å². The van der Waals surface area contributed by atoms with Crippen LogP contribution in [0.4, 0.5) is 30.5 Å². The Morgan fingerprint density at radius 1 is 1.34 bits per heavy atom. The maximum atomic E-state index is 11.2. The van der Waals surface area contributed by atoms with E-state index < -0.39 is 12.1 Å². The lowest BCUT2D eigenvalue weighted by Crippen LogP contribution is -2.21. The summed E-state index contributed by atoms with van der Waals surface area (Å²) in [6.45, 7) is 0. The molecule has 1 aromatic carbocycles. The van der Waals surface area contributed by atoms with Crippen LogP contribution in [0.15, 0.2) is 34.9 Å². The first-order chi connectivity index (χ1) is 15.1. The number of carboxylic acids is 1. The number of nitrogens with zero attached hydrogens (tertiary/aromatic N) is 4. The summed E-state index contributed by atoms with van der Waals surface area (Å²) in [4.78, 5) is 24.7. The molecule has 0 atom stereocenters. The molecule has 0 amide bonds. The van der Waals surface area contributed by atoms with Crippen molar-refractivity contribution in [2.75, 3.05) is 10.6 Å². The topological polar surface area (TPSA) is 132 Å². The van der Waals surface area contributed by atoms with Gasteiger partial charge in [0.05, 0.1) is 29.1 Å². The molecule has 1 aliphatic rings. The van der Waals surface area contributed by atoms with Crippen molar-refractivity contribution in [3.05, 3.63) is 46.1 Å². The van der Waals surface area contributed by atoms with Crippen molar-refractivity contribution >= 4 is 51.2 Å². The number of fused-ring (bicyclic) bond motifs is 1. The zero-order valence-electron chi connectivity index (χ0n) is 16.0. The molecule has 9 nitrogen and oxygen atoms in total. The Morgan fingerprint density at radius 3 is 2.56 bits per heavy atom. The minimum Gasteiger partial charge on any atom is -0.475 e. The largest absolute Gasteiger partial charge is 0.490 e. The highest BCUT2D eigenvalue weighted by atomic mass is 79.9. The molecule has 1 aliphatic carbocycles. The average Bonchev–Trinajstić information content (AvgIpc) is 3.45. The van der Waals surface area contributed by atoms with Gasteiger partial charge in [-0.25, -0.2) is 9.78 Å².